The minimum absolute atomic E-state index is 0.0423. The zero-order valence-corrected chi connectivity index (χ0v) is 13.7. The Bertz CT molecular complexity index is 834. The Kier molecular flexibility index (Phi) is 3.41. The lowest BCUT2D eigenvalue weighted by molar-refractivity contribution is -0.00319. The second-order valence-electron chi connectivity index (χ2n) is 6.27. The van der Waals surface area contributed by atoms with Gasteiger partial charge < -0.3 is 13.7 Å². The van der Waals surface area contributed by atoms with E-state index in [1.54, 1.807) is 12.4 Å². The van der Waals surface area contributed by atoms with Gasteiger partial charge in [-0.05, 0) is 12.3 Å². The number of hydrogen-bond donors (Lipinski definition) is 0. The lowest BCUT2D eigenvalue weighted by atomic mass is 10.0. The van der Waals surface area contributed by atoms with E-state index in [2.05, 4.69) is 39.7 Å². The third kappa shape index (κ3) is 2.25. The van der Waals surface area contributed by atoms with Crippen LogP contribution in [0.4, 0.5) is 0 Å². The van der Waals surface area contributed by atoms with Crippen LogP contribution in [-0.2, 0) is 24.3 Å². The Balaban J connectivity index is 1.79. The van der Waals surface area contributed by atoms with Crippen molar-refractivity contribution in [3.8, 4) is 0 Å². The molecule has 0 N–H and O–H groups in total. The summed E-state index contributed by atoms with van der Waals surface area (Å²) in [5, 5.41) is 0. The monoisotopic (exact) mass is 311 g/mol. The van der Waals surface area contributed by atoms with Crippen LogP contribution in [0.3, 0.4) is 0 Å². The van der Waals surface area contributed by atoms with Gasteiger partial charge in [0, 0.05) is 24.3 Å². The fourth-order valence-corrected chi connectivity index (χ4v) is 3.39. The maximum Gasteiger partial charge on any atom is 0.155 e. The molecule has 1 aliphatic rings. The lowest BCUT2D eigenvalue weighted by Gasteiger charge is -2.26. The van der Waals surface area contributed by atoms with Crippen LogP contribution >= 0.6 is 0 Å². The third-order valence-corrected chi connectivity index (χ3v) is 4.49. The Labute approximate surface area is 135 Å². The SMILES string of the molecule is CCc1cnc2n1CC(c1nc3cnccn3c1C(C)C)OC2. The molecular weight excluding hydrogens is 290 g/mol. The minimum atomic E-state index is -0.0423. The summed E-state index contributed by atoms with van der Waals surface area (Å²) in [6.07, 6.45) is 8.47. The molecule has 6 heteroatoms. The number of aryl methyl sites for hydroxylation is 1. The van der Waals surface area contributed by atoms with Gasteiger partial charge in [-0.2, -0.15) is 0 Å². The molecule has 0 aromatic carbocycles. The van der Waals surface area contributed by atoms with Crippen LogP contribution < -0.4 is 0 Å². The normalized spacial score (nSPS) is 17.8. The van der Waals surface area contributed by atoms with Gasteiger partial charge in [-0.15, -0.1) is 0 Å². The molecule has 1 aliphatic heterocycles. The second kappa shape index (κ2) is 5.45. The Hall–Kier alpha value is -2.21. The fraction of sp³-hybridized carbons (Fsp3) is 0.471. The molecule has 0 spiro atoms. The van der Waals surface area contributed by atoms with E-state index in [0.717, 1.165) is 30.1 Å². The van der Waals surface area contributed by atoms with Gasteiger partial charge >= 0.3 is 0 Å². The standard InChI is InChI=1S/C17H21N5O/c1-4-12-7-19-15-10-23-13(9-22(12)15)16-17(11(2)3)21-6-5-18-8-14(21)20-16/h5-8,11,13H,4,9-10H2,1-3H3. The van der Waals surface area contributed by atoms with Crippen LogP contribution in [0.25, 0.3) is 5.65 Å². The van der Waals surface area contributed by atoms with E-state index in [-0.39, 0.29) is 6.10 Å². The quantitative estimate of drug-likeness (QED) is 0.746. The predicted octanol–water partition coefficient (Wildman–Crippen LogP) is 2.88. The molecule has 0 saturated carbocycles. The van der Waals surface area contributed by atoms with Gasteiger partial charge in [0.25, 0.3) is 0 Å². The zero-order chi connectivity index (χ0) is 16.0. The summed E-state index contributed by atoms with van der Waals surface area (Å²) >= 11 is 0. The van der Waals surface area contributed by atoms with Crippen LogP contribution in [0.15, 0.2) is 24.8 Å². The van der Waals surface area contributed by atoms with Crippen molar-refractivity contribution in [2.75, 3.05) is 0 Å². The molecule has 4 heterocycles. The molecule has 0 amide bonds. The van der Waals surface area contributed by atoms with Gasteiger partial charge in [-0.3, -0.25) is 4.98 Å². The summed E-state index contributed by atoms with van der Waals surface area (Å²) < 4.78 is 10.5. The van der Waals surface area contributed by atoms with Crippen LogP contribution in [0.2, 0.25) is 0 Å². The van der Waals surface area contributed by atoms with Crippen molar-refractivity contribution in [1.82, 2.24) is 23.9 Å². The lowest BCUT2D eigenvalue weighted by Crippen LogP contribution is -2.24. The molecule has 3 aromatic rings. The molecule has 120 valence electrons. The maximum atomic E-state index is 6.09. The van der Waals surface area contributed by atoms with Crippen molar-refractivity contribution in [3.05, 3.63) is 47.7 Å². The molecule has 0 fully saturated rings. The Morgan fingerprint density at radius 3 is 3.00 bits per heavy atom. The van der Waals surface area contributed by atoms with Gasteiger partial charge in [-0.25, -0.2) is 9.97 Å². The molecular formula is C17H21N5O. The first-order valence-electron chi connectivity index (χ1n) is 8.15. The summed E-state index contributed by atoms with van der Waals surface area (Å²) in [6.45, 7) is 7.85. The summed E-state index contributed by atoms with van der Waals surface area (Å²) in [4.78, 5) is 13.5. The number of rotatable bonds is 3. The van der Waals surface area contributed by atoms with E-state index >= 15 is 0 Å². The first kappa shape index (κ1) is 14.4. The van der Waals surface area contributed by atoms with Crippen LogP contribution in [0, 0.1) is 0 Å². The zero-order valence-electron chi connectivity index (χ0n) is 13.7. The van der Waals surface area contributed by atoms with E-state index in [9.17, 15) is 0 Å². The second-order valence-corrected chi connectivity index (χ2v) is 6.27. The Morgan fingerprint density at radius 2 is 2.22 bits per heavy atom. The number of imidazole rings is 2. The van der Waals surface area contributed by atoms with Crippen LogP contribution in [-0.4, -0.2) is 23.9 Å². The number of hydrogen-bond acceptors (Lipinski definition) is 4. The number of nitrogens with zero attached hydrogens (tertiary/aromatic N) is 5. The predicted molar refractivity (Wildman–Crippen MR) is 86.2 cm³/mol. The molecule has 0 radical (unpaired) electrons. The number of ether oxygens (including phenoxy) is 1. The number of aromatic nitrogens is 5. The first-order chi connectivity index (χ1) is 11.2. The third-order valence-electron chi connectivity index (χ3n) is 4.49. The van der Waals surface area contributed by atoms with Crippen molar-refractivity contribution >= 4 is 5.65 Å². The smallest absolute Gasteiger partial charge is 0.155 e. The van der Waals surface area contributed by atoms with Gasteiger partial charge in [0.05, 0.1) is 24.1 Å². The molecule has 3 aromatic heterocycles. The average molecular weight is 311 g/mol. The largest absolute Gasteiger partial charge is 0.362 e. The molecule has 6 nitrogen and oxygen atoms in total. The fourth-order valence-electron chi connectivity index (χ4n) is 3.39. The van der Waals surface area contributed by atoms with E-state index in [4.69, 9.17) is 9.72 Å². The summed E-state index contributed by atoms with van der Waals surface area (Å²) in [5.41, 5.74) is 4.36. The van der Waals surface area contributed by atoms with Crippen LogP contribution in [0.5, 0.6) is 0 Å². The highest BCUT2D eigenvalue weighted by Crippen LogP contribution is 2.32. The molecule has 23 heavy (non-hydrogen) atoms. The van der Waals surface area contributed by atoms with Gasteiger partial charge in [0.2, 0.25) is 0 Å². The number of fused-ring (bicyclic) bond motifs is 2. The molecule has 1 unspecified atom stereocenters. The van der Waals surface area contributed by atoms with Crippen molar-refractivity contribution < 1.29 is 4.74 Å². The van der Waals surface area contributed by atoms with Gasteiger partial charge in [0.15, 0.2) is 5.65 Å². The van der Waals surface area contributed by atoms with Crippen molar-refractivity contribution in [1.29, 1.82) is 0 Å². The van der Waals surface area contributed by atoms with Gasteiger partial charge in [0.1, 0.15) is 18.5 Å². The highest BCUT2D eigenvalue weighted by molar-refractivity contribution is 5.42. The Morgan fingerprint density at radius 1 is 1.35 bits per heavy atom. The molecule has 0 bridgehead atoms. The van der Waals surface area contributed by atoms with Gasteiger partial charge in [-0.1, -0.05) is 20.8 Å². The topological polar surface area (TPSA) is 57.2 Å². The molecule has 0 saturated heterocycles. The first-order valence-corrected chi connectivity index (χ1v) is 8.15. The molecule has 4 rings (SSSR count). The van der Waals surface area contributed by atoms with Crippen molar-refractivity contribution in [3.63, 3.8) is 0 Å². The minimum Gasteiger partial charge on any atom is -0.362 e. The van der Waals surface area contributed by atoms with E-state index in [1.165, 1.54) is 11.4 Å². The van der Waals surface area contributed by atoms with Crippen LogP contribution in [0.1, 0.15) is 55.7 Å². The maximum absolute atomic E-state index is 6.09. The molecule has 0 aliphatic carbocycles. The summed E-state index contributed by atoms with van der Waals surface area (Å²) in [6, 6.07) is 0. The highest BCUT2D eigenvalue weighted by Gasteiger charge is 2.29. The summed E-state index contributed by atoms with van der Waals surface area (Å²) in [7, 11) is 0. The van der Waals surface area contributed by atoms with Crippen molar-refractivity contribution in [2.24, 2.45) is 0 Å². The van der Waals surface area contributed by atoms with E-state index in [0.29, 0.717) is 12.5 Å². The average Bonchev–Trinajstić information content (AvgIpc) is 3.15. The summed E-state index contributed by atoms with van der Waals surface area (Å²) in [5.74, 6) is 1.37. The highest BCUT2D eigenvalue weighted by atomic mass is 16.5. The molecule has 1 atom stereocenters. The van der Waals surface area contributed by atoms with Crippen molar-refractivity contribution in [2.45, 2.75) is 52.4 Å². The van der Waals surface area contributed by atoms with E-state index in [1.807, 2.05) is 12.4 Å². The van der Waals surface area contributed by atoms with E-state index < -0.39 is 0 Å².